The van der Waals surface area contributed by atoms with Gasteiger partial charge in [-0.2, -0.15) is 0 Å². The van der Waals surface area contributed by atoms with Crippen molar-refractivity contribution in [2.45, 2.75) is 19.9 Å². The number of carbonyl (C=O) groups excluding carboxylic acids is 1. The molecule has 3 nitrogen and oxygen atoms in total. The van der Waals surface area contributed by atoms with Crippen molar-refractivity contribution in [3.8, 4) is 5.75 Å². The van der Waals surface area contributed by atoms with Crippen LogP contribution in [0.2, 0.25) is 0 Å². The zero-order valence-corrected chi connectivity index (χ0v) is 11.7. The molecule has 0 radical (unpaired) electrons. The van der Waals surface area contributed by atoms with Crippen LogP contribution in [0, 0.1) is 0 Å². The van der Waals surface area contributed by atoms with Gasteiger partial charge in [0.25, 0.3) is 5.91 Å². The Labute approximate surface area is 117 Å². The summed E-state index contributed by atoms with van der Waals surface area (Å²) in [5.74, 6) is 0.640. The van der Waals surface area contributed by atoms with Crippen LogP contribution in [0.1, 0.15) is 17.4 Å². The number of carbonyl (C=O) groups is 1. The molecular formula is C15H17NO2S. The number of hydrogen-bond acceptors (Lipinski definition) is 3. The quantitative estimate of drug-likeness (QED) is 0.880. The van der Waals surface area contributed by atoms with E-state index < -0.39 is 0 Å². The van der Waals surface area contributed by atoms with E-state index in [-0.39, 0.29) is 12.5 Å². The Morgan fingerprint density at radius 3 is 2.95 bits per heavy atom. The fourth-order valence-electron chi connectivity index (χ4n) is 1.65. The number of rotatable bonds is 6. The van der Waals surface area contributed by atoms with Crippen molar-refractivity contribution in [2.75, 3.05) is 6.61 Å². The van der Waals surface area contributed by atoms with Crippen molar-refractivity contribution in [3.05, 3.63) is 52.2 Å². The SMILES string of the molecule is CCc1cccc(OCC(=O)NCc2cccs2)c1. The molecule has 1 heterocycles. The first-order chi connectivity index (χ1) is 9.28. The molecule has 0 unspecified atom stereocenters. The first-order valence-corrected chi connectivity index (χ1v) is 7.16. The third-order valence-electron chi connectivity index (χ3n) is 2.72. The van der Waals surface area contributed by atoms with E-state index in [0.29, 0.717) is 6.54 Å². The molecule has 0 aliphatic heterocycles. The fourth-order valence-corrected chi connectivity index (χ4v) is 2.30. The van der Waals surface area contributed by atoms with Crippen LogP contribution in [-0.4, -0.2) is 12.5 Å². The summed E-state index contributed by atoms with van der Waals surface area (Å²) < 4.78 is 5.47. The van der Waals surface area contributed by atoms with E-state index in [4.69, 9.17) is 4.74 Å². The molecule has 19 heavy (non-hydrogen) atoms. The average Bonchev–Trinajstić information content (AvgIpc) is 2.96. The van der Waals surface area contributed by atoms with Gasteiger partial charge in [0.2, 0.25) is 0 Å². The van der Waals surface area contributed by atoms with Crippen LogP contribution >= 0.6 is 11.3 Å². The summed E-state index contributed by atoms with van der Waals surface area (Å²) >= 11 is 1.63. The van der Waals surface area contributed by atoms with Gasteiger partial charge in [0.15, 0.2) is 6.61 Å². The van der Waals surface area contributed by atoms with E-state index in [9.17, 15) is 4.79 Å². The molecule has 0 fully saturated rings. The van der Waals surface area contributed by atoms with E-state index >= 15 is 0 Å². The Balaban J connectivity index is 1.76. The zero-order valence-electron chi connectivity index (χ0n) is 10.9. The third-order valence-corrected chi connectivity index (χ3v) is 3.59. The van der Waals surface area contributed by atoms with E-state index in [2.05, 4.69) is 12.2 Å². The minimum Gasteiger partial charge on any atom is -0.484 e. The van der Waals surface area contributed by atoms with Gasteiger partial charge in [0.1, 0.15) is 5.75 Å². The number of ether oxygens (including phenoxy) is 1. The summed E-state index contributed by atoms with van der Waals surface area (Å²) in [6.07, 6.45) is 0.960. The highest BCUT2D eigenvalue weighted by atomic mass is 32.1. The van der Waals surface area contributed by atoms with Gasteiger partial charge in [-0.05, 0) is 35.6 Å². The second kappa shape index (κ2) is 6.95. The lowest BCUT2D eigenvalue weighted by molar-refractivity contribution is -0.123. The first-order valence-electron chi connectivity index (χ1n) is 6.28. The van der Waals surface area contributed by atoms with Gasteiger partial charge in [0.05, 0.1) is 6.54 Å². The number of benzene rings is 1. The second-order valence-corrected chi connectivity index (χ2v) is 5.18. The van der Waals surface area contributed by atoms with Crippen LogP contribution in [0.5, 0.6) is 5.75 Å². The van der Waals surface area contributed by atoms with Gasteiger partial charge in [0, 0.05) is 4.88 Å². The van der Waals surface area contributed by atoms with Gasteiger partial charge in [-0.15, -0.1) is 11.3 Å². The largest absolute Gasteiger partial charge is 0.484 e. The summed E-state index contributed by atoms with van der Waals surface area (Å²) in [6.45, 7) is 2.71. The number of thiophene rings is 1. The van der Waals surface area contributed by atoms with Crippen LogP contribution < -0.4 is 10.1 Å². The third kappa shape index (κ3) is 4.41. The van der Waals surface area contributed by atoms with Crippen molar-refractivity contribution in [3.63, 3.8) is 0 Å². The van der Waals surface area contributed by atoms with Crippen LogP contribution in [0.25, 0.3) is 0 Å². The number of nitrogens with one attached hydrogen (secondary N) is 1. The molecule has 100 valence electrons. The van der Waals surface area contributed by atoms with Crippen LogP contribution in [0.3, 0.4) is 0 Å². The topological polar surface area (TPSA) is 38.3 Å². The molecule has 0 spiro atoms. The monoisotopic (exact) mass is 275 g/mol. The van der Waals surface area contributed by atoms with Gasteiger partial charge in [-0.25, -0.2) is 0 Å². The maximum absolute atomic E-state index is 11.6. The molecule has 0 aliphatic carbocycles. The standard InChI is InChI=1S/C15H17NO2S/c1-2-12-5-3-6-13(9-12)18-11-15(17)16-10-14-7-4-8-19-14/h3-9H,2,10-11H2,1H3,(H,16,17). The highest BCUT2D eigenvalue weighted by Crippen LogP contribution is 2.13. The molecule has 0 atom stereocenters. The summed E-state index contributed by atoms with van der Waals surface area (Å²) in [7, 11) is 0. The Hall–Kier alpha value is -1.81. The highest BCUT2D eigenvalue weighted by molar-refractivity contribution is 7.09. The molecular weight excluding hydrogens is 258 g/mol. The number of aryl methyl sites for hydroxylation is 1. The highest BCUT2D eigenvalue weighted by Gasteiger charge is 2.03. The zero-order chi connectivity index (χ0) is 13.5. The maximum atomic E-state index is 11.6. The second-order valence-electron chi connectivity index (χ2n) is 4.15. The maximum Gasteiger partial charge on any atom is 0.258 e. The van der Waals surface area contributed by atoms with E-state index in [1.165, 1.54) is 5.56 Å². The molecule has 0 aliphatic rings. The lowest BCUT2D eigenvalue weighted by Crippen LogP contribution is -2.28. The molecule has 0 saturated carbocycles. The van der Waals surface area contributed by atoms with Crippen LogP contribution in [0.4, 0.5) is 0 Å². The Morgan fingerprint density at radius 1 is 1.32 bits per heavy atom. The molecule has 0 saturated heterocycles. The van der Waals surface area contributed by atoms with E-state index in [1.54, 1.807) is 11.3 Å². The predicted octanol–water partition coefficient (Wildman–Crippen LogP) is 3.01. The summed E-state index contributed by atoms with van der Waals surface area (Å²) in [5.41, 5.74) is 1.21. The molecule has 2 aromatic rings. The van der Waals surface area contributed by atoms with Gasteiger partial charge in [-0.3, -0.25) is 4.79 Å². The average molecular weight is 275 g/mol. The molecule has 4 heteroatoms. The van der Waals surface area contributed by atoms with Gasteiger partial charge in [-0.1, -0.05) is 25.1 Å². The minimum atomic E-state index is -0.102. The number of hydrogen-bond donors (Lipinski definition) is 1. The molecule has 2 rings (SSSR count). The molecule has 1 aromatic heterocycles. The van der Waals surface area contributed by atoms with Crippen molar-refractivity contribution in [1.82, 2.24) is 5.32 Å². The molecule has 1 aromatic carbocycles. The van der Waals surface area contributed by atoms with Gasteiger partial charge < -0.3 is 10.1 Å². The van der Waals surface area contributed by atoms with Crippen molar-refractivity contribution in [2.24, 2.45) is 0 Å². The normalized spacial score (nSPS) is 10.2. The van der Waals surface area contributed by atoms with Crippen LogP contribution in [-0.2, 0) is 17.8 Å². The summed E-state index contributed by atoms with van der Waals surface area (Å²) in [6, 6.07) is 11.8. The minimum absolute atomic E-state index is 0.0541. The lowest BCUT2D eigenvalue weighted by Gasteiger charge is -2.07. The smallest absolute Gasteiger partial charge is 0.258 e. The fraction of sp³-hybridized carbons (Fsp3) is 0.267. The lowest BCUT2D eigenvalue weighted by atomic mass is 10.2. The van der Waals surface area contributed by atoms with Crippen molar-refractivity contribution >= 4 is 17.2 Å². The van der Waals surface area contributed by atoms with E-state index in [0.717, 1.165) is 17.0 Å². The Bertz CT molecular complexity index is 523. The van der Waals surface area contributed by atoms with Crippen molar-refractivity contribution in [1.29, 1.82) is 0 Å². The first kappa shape index (κ1) is 13.6. The van der Waals surface area contributed by atoms with Gasteiger partial charge >= 0.3 is 0 Å². The van der Waals surface area contributed by atoms with Crippen molar-refractivity contribution < 1.29 is 9.53 Å². The number of amides is 1. The molecule has 0 bridgehead atoms. The van der Waals surface area contributed by atoms with Crippen LogP contribution in [0.15, 0.2) is 41.8 Å². The Kier molecular flexibility index (Phi) is 4.98. The molecule has 1 amide bonds. The molecule has 1 N–H and O–H groups in total. The predicted molar refractivity (Wildman–Crippen MR) is 77.5 cm³/mol. The Morgan fingerprint density at radius 2 is 2.21 bits per heavy atom. The van der Waals surface area contributed by atoms with E-state index in [1.807, 2.05) is 41.8 Å². The summed E-state index contributed by atoms with van der Waals surface area (Å²) in [5, 5.41) is 4.82. The summed E-state index contributed by atoms with van der Waals surface area (Å²) in [4.78, 5) is 12.8.